The zero-order valence-electron chi connectivity index (χ0n) is 25.0. The topological polar surface area (TPSA) is 172 Å². The van der Waals surface area contributed by atoms with Gasteiger partial charge in [0.15, 0.2) is 0 Å². The van der Waals surface area contributed by atoms with Crippen molar-refractivity contribution in [3.8, 4) is 16.2 Å². The number of oxime groups is 1. The number of ether oxygens (including phenoxy) is 1. The second kappa shape index (κ2) is 12.7. The Balaban J connectivity index is 1.19. The number of benzene rings is 1. The quantitative estimate of drug-likeness (QED) is 0.142. The Morgan fingerprint density at radius 2 is 2.09 bits per heavy atom. The van der Waals surface area contributed by atoms with Crippen LogP contribution in [-0.2, 0) is 35.7 Å². The number of rotatable bonds is 13. The van der Waals surface area contributed by atoms with Gasteiger partial charge in [-0.05, 0) is 55.0 Å². The van der Waals surface area contributed by atoms with Crippen LogP contribution in [0.2, 0.25) is 0 Å². The lowest BCUT2D eigenvalue weighted by Crippen LogP contribution is -2.56. The number of likely N-dealkylation sites (tertiary alicyclic amines) is 1. The Kier molecular flexibility index (Phi) is 8.70. The zero-order valence-corrected chi connectivity index (χ0v) is 26.7. The van der Waals surface area contributed by atoms with Gasteiger partial charge >= 0.3 is 0 Å². The zero-order chi connectivity index (χ0) is 32.5. The number of carbonyl (C=O) groups excluding carboxylic acids is 3. The monoisotopic (exact) mass is 666 g/mol. The molecule has 2 aliphatic carbocycles. The number of carbonyl (C=O) groups is 3. The summed E-state index contributed by atoms with van der Waals surface area (Å²) >= 11 is 1.58. The number of nitrogens with one attached hydrogen (secondary N) is 3. The normalized spacial score (nSPS) is 24.0. The molecular weight excluding hydrogens is 633 g/mol. The number of aromatic nitrogens is 2. The van der Waals surface area contributed by atoms with E-state index >= 15 is 0 Å². The van der Waals surface area contributed by atoms with Crippen LogP contribution in [0.15, 0.2) is 65.8 Å². The lowest BCUT2D eigenvalue weighted by Gasteiger charge is -2.26. The third kappa shape index (κ3) is 6.56. The van der Waals surface area contributed by atoms with Crippen LogP contribution in [-0.4, -0.2) is 84.0 Å². The van der Waals surface area contributed by atoms with Crippen molar-refractivity contribution in [2.24, 2.45) is 11.1 Å². The van der Waals surface area contributed by atoms with Crippen molar-refractivity contribution < 1.29 is 32.4 Å². The van der Waals surface area contributed by atoms with E-state index in [4.69, 9.17) is 9.57 Å². The Morgan fingerprint density at radius 3 is 2.74 bits per heavy atom. The van der Waals surface area contributed by atoms with E-state index in [1.54, 1.807) is 30.7 Å². The van der Waals surface area contributed by atoms with Gasteiger partial charge in [0.1, 0.15) is 23.4 Å². The Morgan fingerprint density at radius 1 is 1.26 bits per heavy atom. The highest BCUT2D eigenvalue weighted by molar-refractivity contribution is 7.91. The summed E-state index contributed by atoms with van der Waals surface area (Å²) in [5.41, 5.74) is 0.803. The smallest absolute Gasteiger partial charge is 0.259 e. The van der Waals surface area contributed by atoms with E-state index in [-0.39, 0.29) is 31.7 Å². The summed E-state index contributed by atoms with van der Waals surface area (Å²) < 4.78 is 32.6. The predicted molar refractivity (Wildman–Crippen MR) is 170 cm³/mol. The molecule has 0 spiro atoms. The molecule has 13 nitrogen and oxygen atoms in total. The van der Waals surface area contributed by atoms with Crippen LogP contribution in [0, 0.1) is 5.92 Å². The summed E-state index contributed by atoms with van der Waals surface area (Å²) in [6.07, 6.45) is 5.21. The number of hydrogen-bond donors (Lipinski definition) is 3. The average molecular weight is 667 g/mol. The van der Waals surface area contributed by atoms with E-state index < -0.39 is 50.7 Å². The SMILES string of the molecule is C=C[C@@H]1C[C@@]1(NC(=O)C1CC(O/N=C/c2cc(OC)ccc2-c2cccs2)CN1C(=O)Cc1ccn[nH]1)C(=O)NS(=O)(=O)C1CC1. The van der Waals surface area contributed by atoms with Gasteiger partial charge in [0.05, 0.1) is 31.5 Å². The van der Waals surface area contributed by atoms with Crippen molar-refractivity contribution in [1.82, 2.24) is 25.1 Å². The number of thiophene rings is 1. The number of methoxy groups -OCH3 is 1. The highest BCUT2D eigenvalue weighted by Crippen LogP contribution is 2.45. The van der Waals surface area contributed by atoms with E-state index in [1.807, 2.05) is 35.7 Å². The number of nitrogens with zero attached hydrogens (tertiary/aromatic N) is 3. The molecule has 0 bridgehead atoms. The molecule has 242 valence electrons. The molecule has 3 heterocycles. The van der Waals surface area contributed by atoms with Gasteiger partial charge in [-0.1, -0.05) is 17.3 Å². The largest absolute Gasteiger partial charge is 0.497 e. The molecule has 15 heteroatoms. The van der Waals surface area contributed by atoms with Crippen molar-refractivity contribution in [3.05, 3.63) is 71.9 Å². The van der Waals surface area contributed by atoms with Crippen molar-refractivity contribution in [2.75, 3.05) is 13.7 Å². The first-order valence-corrected chi connectivity index (χ1v) is 17.3. The minimum Gasteiger partial charge on any atom is -0.497 e. The van der Waals surface area contributed by atoms with Crippen LogP contribution in [0.4, 0.5) is 0 Å². The van der Waals surface area contributed by atoms with Crippen LogP contribution < -0.4 is 14.8 Å². The fourth-order valence-corrected chi connectivity index (χ4v) is 7.81. The molecule has 2 saturated carbocycles. The van der Waals surface area contributed by atoms with E-state index in [0.29, 0.717) is 24.3 Å². The molecule has 3 fully saturated rings. The van der Waals surface area contributed by atoms with Crippen LogP contribution in [0.1, 0.15) is 36.9 Å². The van der Waals surface area contributed by atoms with Gasteiger partial charge < -0.3 is 19.8 Å². The third-order valence-corrected chi connectivity index (χ3v) is 11.2. The predicted octanol–water partition coefficient (Wildman–Crippen LogP) is 2.38. The highest BCUT2D eigenvalue weighted by Gasteiger charge is 2.61. The molecule has 1 aromatic carbocycles. The summed E-state index contributed by atoms with van der Waals surface area (Å²) in [4.78, 5) is 48.7. The first-order chi connectivity index (χ1) is 22.1. The van der Waals surface area contributed by atoms with Gasteiger partial charge in [-0.15, -0.1) is 17.9 Å². The number of sulfonamides is 1. The summed E-state index contributed by atoms with van der Waals surface area (Å²) in [6, 6.07) is 10.3. The molecule has 1 saturated heterocycles. The number of amides is 3. The summed E-state index contributed by atoms with van der Waals surface area (Å²) in [5, 5.41) is 15.0. The van der Waals surface area contributed by atoms with Crippen LogP contribution in [0.25, 0.3) is 10.4 Å². The maximum atomic E-state index is 13.8. The van der Waals surface area contributed by atoms with Gasteiger partial charge in [-0.25, -0.2) is 8.42 Å². The Labute approximate surface area is 270 Å². The molecule has 3 aliphatic rings. The van der Waals surface area contributed by atoms with E-state index in [0.717, 1.165) is 16.0 Å². The van der Waals surface area contributed by atoms with Crippen LogP contribution in [0.5, 0.6) is 5.75 Å². The van der Waals surface area contributed by atoms with E-state index in [9.17, 15) is 22.8 Å². The first-order valence-electron chi connectivity index (χ1n) is 14.8. The summed E-state index contributed by atoms with van der Waals surface area (Å²) in [7, 11) is -2.26. The maximum absolute atomic E-state index is 13.8. The minimum absolute atomic E-state index is 0.0334. The molecule has 1 aliphatic heterocycles. The Hall–Kier alpha value is -4.50. The van der Waals surface area contributed by atoms with Gasteiger partial charge in [0.2, 0.25) is 21.8 Å². The molecule has 3 N–H and O–H groups in total. The fourth-order valence-electron chi connectivity index (χ4n) is 5.67. The number of aromatic amines is 1. The molecule has 2 unspecified atom stereocenters. The summed E-state index contributed by atoms with van der Waals surface area (Å²) in [5.74, 6) is -1.56. The number of H-pyrrole nitrogens is 1. The molecule has 4 atom stereocenters. The molecular formula is C31H34N6O7S2. The minimum atomic E-state index is -3.84. The van der Waals surface area contributed by atoms with Crippen LogP contribution >= 0.6 is 11.3 Å². The van der Waals surface area contributed by atoms with Crippen LogP contribution in [0.3, 0.4) is 0 Å². The molecule has 2 aromatic heterocycles. The molecule has 3 amide bonds. The van der Waals surface area contributed by atoms with Gasteiger partial charge in [0.25, 0.3) is 5.91 Å². The second-order valence-corrected chi connectivity index (χ2v) is 14.5. The average Bonchev–Trinajstić information content (AvgIpc) is 3.79. The highest BCUT2D eigenvalue weighted by atomic mass is 32.2. The first kappa shape index (κ1) is 31.5. The van der Waals surface area contributed by atoms with Crippen molar-refractivity contribution in [1.29, 1.82) is 0 Å². The van der Waals surface area contributed by atoms with Crippen molar-refractivity contribution in [3.63, 3.8) is 0 Å². The second-order valence-electron chi connectivity index (χ2n) is 11.6. The summed E-state index contributed by atoms with van der Waals surface area (Å²) in [6.45, 7) is 3.81. The fraction of sp³-hybridized carbons (Fsp3) is 0.387. The van der Waals surface area contributed by atoms with Gasteiger partial charge in [-0.2, -0.15) is 5.10 Å². The van der Waals surface area contributed by atoms with Crippen molar-refractivity contribution in [2.45, 2.75) is 55.0 Å². The molecule has 0 radical (unpaired) electrons. The Bertz CT molecular complexity index is 1750. The molecule has 46 heavy (non-hydrogen) atoms. The van der Waals surface area contributed by atoms with Crippen molar-refractivity contribution >= 4 is 45.3 Å². The lowest BCUT2D eigenvalue weighted by molar-refractivity contribution is -0.139. The molecule has 3 aromatic rings. The van der Waals surface area contributed by atoms with Gasteiger partial charge in [-0.3, -0.25) is 24.2 Å². The maximum Gasteiger partial charge on any atom is 0.259 e. The van der Waals surface area contributed by atoms with E-state index in [1.165, 1.54) is 17.2 Å². The number of hydrogen-bond acceptors (Lipinski definition) is 10. The standard InChI is InChI=1S/C31H34N6O7S2/c1-3-20-16-31(20,30(40)36-46(41,42)24-7-8-24)34-29(39)26-15-23(18-37(26)28(38)14-21-10-11-32-35-21)44-33-17-19-13-22(43-2)6-9-25(19)27-5-4-12-45-27/h3-6,9-13,17,20,23-24,26H,1,7-8,14-16,18H2,2H3,(H,32,35)(H,34,39)(H,36,40)/b33-17+/t20-,23?,26?,31+/m1/s1. The third-order valence-electron chi connectivity index (χ3n) is 8.48. The molecule has 6 rings (SSSR count). The lowest BCUT2D eigenvalue weighted by atomic mass is 10.1. The van der Waals surface area contributed by atoms with E-state index in [2.05, 4.69) is 32.0 Å². The van der Waals surface area contributed by atoms with Gasteiger partial charge in [0, 0.05) is 40.2 Å².